The van der Waals surface area contributed by atoms with Crippen molar-refractivity contribution >= 4 is 0 Å². The number of hydrogen-bond donors (Lipinski definition) is 1. The van der Waals surface area contributed by atoms with Crippen LogP contribution in [0.15, 0.2) is 6.20 Å². The highest BCUT2D eigenvalue weighted by Gasteiger charge is 2.30. The van der Waals surface area contributed by atoms with Crippen molar-refractivity contribution in [1.29, 1.82) is 0 Å². The van der Waals surface area contributed by atoms with E-state index in [1.807, 2.05) is 27.7 Å². The van der Waals surface area contributed by atoms with Crippen LogP contribution in [0.1, 0.15) is 39.5 Å². The molecular weight excluding hydrogens is 232 g/mol. The number of aromatic nitrogens is 2. The molecule has 0 aliphatic rings. The number of aryl methyl sites for hydroxylation is 1. The summed E-state index contributed by atoms with van der Waals surface area (Å²) < 4.78 is 12.6. The monoisotopic (exact) mass is 256 g/mol. The van der Waals surface area contributed by atoms with Gasteiger partial charge in [-0.1, -0.05) is 13.8 Å². The highest BCUT2D eigenvalue weighted by atomic mass is 16.5. The second-order valence-electron chi connectivity index (χ2n) is 4.52. The van der Waals surface area contributed by atoms with Gasteiger partial charge in [0.1, 0.15) is 11.8 Å². The van der Waals surface area contributed by atoms with Crippen molar-refractivity contribution in [3.63, 3.8) is 0 Å². The molecule has 0 amide bonds. The van der Waals surface area contributed by atoms with Gasteiger partial charge in [-0.15, -0.1) is 0 Å². The third-order valence-corrected chi connectivity index (χ3v) is 2.97. The quantitative estimate of drug-likeness (QED) is 0.810. The minimum atomic E-state index is -0.734. The first-order valence-corrected chi connectivity index (χ1v) is 6.46. The van der Waals surface area contributed by atoms with Crippen molar-refractivity contribution in [2.75, 3.05) is 13.7 Å². The SMILES string of the molecule is CCOC(C(C)C)C(O)c1c(OC)cnn1CC. The molecule has 0 bridgehead atoms. The second kappa shape index (κ2) is 6.75. The van der Waals surface area contributed by atoms with E-state index in [4.69, 9.17) is 9.47 Å². The van der Waals surface area contributed by atoms with Gasteiger partial charge in [-0.05, 0) is 19.8 Å². The molecule has 0 fully saturated rings. The third kappa shape index (κ3) is 3.03. The maximum absolute atomic E-state index is 10.5. The Hall–Kier alpha value is -1.07. The van der Waals surface area contributed by atoms with Crippen molar-refractivity contribution in [3.8, 4) is 5.75 Å². The number of aliphatic hydroxyl groups is 1. The van der Waals surface area contributed by atoms with Crippen molar-refractivity contribution in [2.24, 2.45) is 5.92 Å². The van der Waals surface area contributed by atoms with Crippen LogP contribution in [0, 0.1) is 5.92 Å². The van der Waals surface area contributed by atoms with Gasteiger partial charge in [0.25, 0.3) is 0 Å². The van der Waals surface area contributed by atoms with Crippen LogP contribution in [0.25, 0.3) is 0 Å². The molecule has 1 heterocycles. The molecule has 0 saturated carbocycles. The Balaban J connectivity index is 3.06. The van der Waals surface area contributed by atoms with Gasteiger partial charge in [-0.25, -0.2) is 0 Å². The molecule has 18 heavy (non-hydrogen) atoms. The fourth-order valence-corrected chi connectivity index (χ4v) is 2.08. The van der Waals surface area contributed by atoms with Gasteiger partial charge < -0.3 is 14.6 Å². The lowest BCUT2D eigenvalue weighted by Crippen LogP contribution is -2.29. The lowest BCUT2D eigenvalue weighted by atomic mass is 9.99. The molecule has 5 heteroatoms. The van der Waals surface area contributed by atoms with E-state index in [2.05, 4.69) is 5.10 Å². The zero-order valence-corrected chi connectivity index (χ0v) is 11.9. The van der Waals surface area contributed by atoms with Crippen LogP contribution < -0.4 is 4.74 Å². The summed E-state index contributed by atoms with van der Waals surface area (Å²) in [5, 5.41) is 14.7. The largest absolute Gasteiger partial charge is 0.493 e. The standard InChI is InChI=1S/C13H24N2O3/c1-6-15-11(10(17-5)8-14-15)12(16)13(9(3)4)18-7-2/h8-9,12-13,16H,6-7H2,1-5H3. The number of methoxy groups -OCH3 is 1. The van der Waals surface area contributed by atoms with Gasteiger partial charge in [0.05, 0.1) is 19.4 Å². The average Bonchev–Trinajstić information content (AvgIpc) is 2.77. The fraction of sp³-hybridized carbons (Fsp3) is 0.769. The molecule has 104 valence electrons. The summed E-state index contributed by atoms with van der Waals surface area (Å²) in [5.74, 6) is 0.819. The van der Waals surface area contributed by atoms with Crippen LogP contribution in [0.5, 0.6) is 5.75 Å². The molecule has 0 aromatic carbocycles. The summed E-state index contributed by atoms with van der Waals surface area (Å²) in [6.45, 7) is 9.23. The lowest BCUT2D eigenvalue weighted by Gasteiger charge is -2.27. The molecule has 0 saturated heterocycles. The number of aliphatic hydroxyl groups excluding tert-OH is 1. The van der Waals surface area contributed by atoms with Crippen molar-refractivity contribution in [2.45, 2.75) is 46.4 Å². The van der Waals surface area contributed by atoms with Gasteiger partial charge in [0.15, 0.2) is 5.75 Å². The highest BCUT2D eigenvalue weighted by molar-refractivity contribution is 5.28. The Kier molecular flexibility index (Phi) is 5.62. The van der Waals surface area contributed by atoms with E-state index in [9.17, 15) is 5.11 Å². The highest BCUT2D eigenvalue weighted by Crippen LogP contribution is 2.31. The van der Waals surface area contributed by atoms with Crippen molar-refractivity contribution < 1.29 is 14.6 Å². The minimum absolute atomic E-state index is 0.213. The van der Waals surface area contributed by atoms with Gasteiger partial charge in [-0.2, -0.15) is 5.10 Å². The van der Waals surface area contributed by atoms with E-state index >= 15 is 0 Å². The molecule has 0 radical (unpaired) electrons. The molecular formula is C13H24N2O3. The van der Waals surface area contributed by atoms with Crippen LogP contribution in [0.3, 0.4) is 0 Å². The molecule has 0 spiro atoms. The lowest BCUT2D eigenvalue weighted by molar-refractivity contribution is -0.0624. The zero-order chi connectivity index (χ0) is 13.7. The molecule has 0 aliphatic heterocycles. The molecule has 1 aromatic rings. The van der Waals surface area contributed by atoms with E-state index < -0.39 is 6.10 Å². The Bertz CT molecular complexity index is 342. The number of ether oxygens (including phenoxy) is 2. The number of nitrogens with zero attached hydrogens (tertiary/aromatic N) is 2. The molecule has 1 rings (SSSR count). The normalized spacial score (nSPS) is 14.8. The van der Waals surface area contributed by atoms with Gasteiger partial charge >= 0.3 is 0 Å². The summed E-state index contributed by atoms with van der Waals surface area (Å²) in [5.41, 5.74) is 0.687. The van der Waals surface area contributed by atoms with E-state index in [1.54, 1.807) is 18.0 Å². The molecule has 5 nitrogen and oxygen atoms in total. The first-order valence-electron chi connectivity index (χ1n) is 6.46. The smallest absolute Gasteiger partial charge is 0.162 e. The first kappa shape index (κ1) is 15.0. The summed E-state index contributed by atoms with van der Waals surface area (Å²) in [7, 11) is 1.58. The predicted octanol–water partition coefficient (Wildman–Crippen LogP) is 2.01. The summed E-state index contributed by atoms with van der Waals surface area (Å²) in [6, 6.07) is 0. The maximum Gasteiger partial charge on any atom is 0.162 e. The van der Waals surface area contributed by atoms with E-state index in [0.29, 0.717) is 24.6 Å². The third-order valence-electron chi connectivity index (χ3n) is 2.97. The Morgan fingerprint density at radius 1 is 1.39 bits per heavy atom. The molecule has 1 N–H and O–H groups in total. The zero-order valence-electron chi connectivity index (χ0n) is 11.9. The van der Waals surface area contributed by atoms with Crippen LogP contribution in [0.4, 0.5) is 0 Å². The molecule has 2 unspecified atom stereocenters. The predicted molar refractivity (Wildman–Crippen MR) is 69.7 cm³/mol. The number of rotatable bonds is 7. The van der Waals surface area contributed by atoms with Crippen LogP contribution in [-0.4, -0.2) is 34.7 Å². The molecule has 0 aliphatic carbocycles. The van der Waals surface area contributed by atoms with Crippen LogP contribution in [0.2, 0.25) is 0 Å². The fourth-order valence-electron chi connectivity index (χ4n) is 2.08. The van der Waals surface area contributed by atoms with Crippen LogP contribution >= 0.6 is 0 Å². The van der Waals surface area contributed by atoms with Crippen LogP contribution in [-0.2, 0) is 11.3 Å². The second-order valence-corrected chi connectivity index (χ2v) is 4.52. The summed E-state index contributed by atoms with van der Waals surface area (Å²) in [4.78, 5) is 0. The Morgan fingerprint density at radius 3 is 2.50 bits per heavy atom. The van der Waals surface area contributed by atoms with E-state index in [-0.39, 0.29) is 12.0 Å². The number of hydrogen-bond acceptors (Lipinski definition) is 4. The topological polar surface area (TPSA) is 56.5 Å². The van der Waals surface area contributed by atoms with Gasteiger partial charge in [0.2, 0.25) is 0 Å². The van der Waals surface area contributed by atoms with E-state index in [0.717, 1.165) is 0 Å². The average molecular weight is 256 g/mol. The first-order chi connectivity index (χ1) is 8.56. The van der Waals surface area contributed by atoms with E-state index in [1.165, 1.54) is 0 Å². The van der Waals surface area contributed by atoms with Crippen molar-refractivity contribution in [1.82, 2.24) is 9.78 Å². The van der Waals surface area contributed by atoms with Gasteiger partial charge in [0, 0.05) is 13.2 Å². The van der Waals surface area contributed by atoms with Crippen molar-refractivity contribution in [3.05, 3.63) is 11.9 Å². The molecule has 1 aromatic heterocycles. The Labute approximate surface area is 109 Å². The maximum atomic E-state index is 10.5. The summed E-state index contributed by atoms with van der Waals surface area (Å²) >= 11 is 0. The van der Waals surface area contributed by atoms with Gasteiger partial charge in [-0.3, -0.25) is 4.68 Å². The minimum Gasteiger partial charge on any atom is -0.493 e. The molecule has 2 atom stereocenters. The Morgan fingerprint density at radius 2 is 2.06 bits per heavy atom. The summed E-state index contributed by atoms with van der Waals surface area (Å²) in [6.07, 6.45) is 0.638.